The van der Waals surface area contributed by atoms with Crippen LogP contribution in [0.15, 0.2) is 96.2 Å². The summed E-state index contributed by atoms with van der Waals surface area (Å²) in [7, 11) is 1.90. The lowest BCUT2D eigenvalue weighted by atomic mass is 9.55. The van der Waals surface area contributed by atoms with E-state index in [-0.39, 0.29) is 49.4 Å². The van der Waals surface area contributed by atoms with Crippen LogP contribution in [0.5, 0.6) is 11.5 Å². The highest BCUT2D eigenvalue weighted by atomic mass is 16.7. The van der Waals surface area contributed by atoms with E-state index in [1.807, 2.05) is 79.5 Å². The lowest BCUT2D eigenvalue weighted by Crippen LogP contribution is -2.69. The molecule has 10 heteroatoms. The van der Waals surface area contributed by atoms with Crippen LogP contribution < -0.4 is 9.47 Å². The van der Waals surface area contributed by atoms with Crippen LogP contribution in [-0.4, -0.2) is 70.4 Å². The molecule has 3 aliphatic carbocycles. The maximum Gasteiger partial charge on any atom is 0.239 e. The number of aromatic nitrogens is 1. The Labute approximate surface area is 356 Å². The predicted molar refractivity (Wildman–Crippen MR) is 233 cm³/mol. The number of benzene rings is 2. The molecule has 4 aliphatic rings. The number of fused-ring (bicyclic) bond motifs is 2. The van der Waals surface area contributed by atoms with Gasteiger partial charge in [0.25, 0.3) is 0 Å². The van der Waals surface area contributed by atoms with Gasteiger partial charge >= 0.3 is 0 Å². The smallest absolute Gasteiger partial charge is 0.239 e. The lowest BCUT2D eigenvalue weighted by molar-refractivity contribution is -0.255. The number of hydrogen-bond acceptors (Lipinski definition) is 9. The quantitative estimate of drug-likeness (QED) is 0.0620. The molecule has 2 aromatic carbocycles. The van der Waals surface area contributed by atoms with E-state index in [2.05, 4.69) is 23.7 Å². The third-order valence-electron chi connectivity index (χ3n) is 13.3. The summed E-state index contributed by atoms with van der Waals surface area (Å²) in [6, 6.07) is 21.5. The van der Waals surface area contributed by atoms with E-state index in [9.17, 15) is 15.0 Å². The first kappa shape index (κ1) is 43.6. The van der Waals surface area contributed by atoms with Gasteiger partial charge in [-0.05, 0) is 98.2 Å². The van der Waals surface area contributed by atoms with Crippen molar-refractivity contribution in [3.63, 3.8) is 0 Å². The summed E-state index contributed by atoms with van der Waals surface area (Å²) in [4.78, 5) is 27.2. The van der Waals surface area contributed by atoms with E-state index < -0.39 is 11.8 Å². The number of likely N-dealkylation sites (N-methyl/N-ethyl adjacent to an activating group) is 1. The van der Waals surface area contributed by atoms with Crippen LogP contribution in [-0.2, 0) is 27.6 Å². The maximum atomic E-state index is 14.4. The summed E-state index contributed by atoms with van der Waals surface area (Å²) < 4.78 is 20.9. The number of aliphatic hydroxyl groups excluding tert-OH is 2. The van der Waals surface area contributed by atoms with Crippen LogP contribution >= 0.6 is 0 Å². The zero-order valence-electron chi connectivity index (χ0n) is 35.7. The number of pyridine rings is 1. The van der Waals surface area contributed by atoms with Crippen LogP contribution in [0.4, 0.5) is 0 Å². The van der Waals surface area contributed by atoms with Gasteiger partial charge in [-0.25, -0.2) is 0 Å². The van der Waals surface area contributed by atoms with Gasteiger partial charge < -0.3 is 34.2 Å². The van der Waals surface area contributed by atoms with Crippen molar-refractivity contribution in [2.45, 2.75) is 121 Å². The molecule has 0 bridgehead atoms. The van der Waals surface area contributed by atoms with E-state index in [1.54, 1.807) is 6.08 Å². The number of carbonyl (C=O) groups excluding carboxylic acids is 1. The van der Waals surface area contributed by atoms with Crippen molar-refractivity contribution in [2.24, 2.45) is 28.8 Å². The molecule has 0 unspecified atom stereocenters. The summed E-state index contributed by atoms with van der Waals surface area (Å²) in [6.07, 6.45) is 15.6. The number of hydrogen-bond donors (Lipinski definition) is 2. The number of aryl methyl sites for hydroxylation is 1. The minimum atomic E-state index is -1.27. The molecule has 2 fully saturated rings. The van der Waals surface area contributed by atoms with Crippen molar-refractivity contribution in [3.8, 4) is 11.5 Å². The fourth-order valence-electron chi connectivity index (χ4n) is 10.4. The average Bonchev–Trinajstić information content (AvgIpc) is 3.79. The number of amides is 1. The molecule has 7 rings (SSSR count). The second-order valence-electron chi connectivity index (χ2n) is 17.3. The first-order valence-corrected chi connectivity index (χ1v) is 22.4. The second kappa shape index (κ2) is 20.8. The molecule has 0 radical (unpaired) electrons. The van der Waals surface area contributed by atoms with Gasteiger partial charge in [0.1, 0.15) is 30.8 Å². The van der Waals surface area contributed by atoms with E-state index in [0.29, 0.717) is 56.3 Å². The number of rotatable bonds is 21. The average molecular weight is 820 g/mol. The van der Waals surface area contributed by atoms with E-state index in [0.717, 1.165) is 65.9 Å². The largest absolute Gasteiger partial charge is 0.487 e. The van der Waals surface area contributed by atoms with Gasteiger partial charge in [0, 0.05) is 50.3 Å². The van der Waals surface area contributed by atoms with Gasteiger partial charge in [0.2, 0.25) is 11.7 Å². The molecular formula is C50H65N3O7. The number of carbonyl (C=O) groups is 1. The number of allylic oxidation sites excluding steroid dienone is 1. The summed E-state index contributed by atoms with van der Waals surface area (Å²) in [6.45, 7) is 7.15. The molecule has 3 aromatic rings. The van der Waals surface area contributed by atoms with Gasteiger partial charge in [0.05, 0.1) is 23.9 Å². The highest BCUT2D eigenvalue weighted by Crippen LogP contribution is 2.62. The fraction of sp³-hybridized carbons (Fsp3) is 0.540. The molecule has 60 heavy (non-hydrogen) atoms. The molecule has 322 valence electrons. The number of ether oxygens (including phenoxy) is 3. The Morgan fingerprint density at radius 3 is 2.52 bits per heavy atom. The molecule has 0 spiro atoms. The zero-order chi connectivity index (χ0) is 41.9. The highest BCUT2D eigenvalue weighted by molar-refractivity contribution is 6.03. The number of oxime groups is 1. The Morgan fingerprint density at radius 1 is 0.983 bits per heavy atom. The Bertz CT molecular complexity index is 1940. The van der Waals surface area contributed by atoms with Crippen molar-refractivity contribution in [2.75, 3.05) is 26.9 Å². The maximum absolute atomic E-state index is 14.4. The molecule has 2 N–H and O–H groups in total. The first-order chi connectivity index (χ1) is 29.3. The van der Waals surface area contributed by atoms with Crippen molar-refractivity contribution < 1.29 is 34.1 Å². The van der Waals surface area contributed by atoms with Crippen molar-refractivity contribution >= 4 is 11.6 Å². The zero-order valence-corrected chi connectivity index (χ0v) is 35.7. The van der Waals surface area contributed by atoms with E-state index >= 15 is 0 Å². The van der Waals surface area contributed by atoms with Crippen LogP contribution in [0.1, 0.15) is 112 Å². The molecule has 1 aromatic heterocycles. The SMILES string of the molecule is C=CCO[C@@]12Oc3ccc(OCc4cccc(C)n4)cc3[C@H]3[C@H](CCCCO)[C@@H](CCCCO)C=C(C(=NOCc4ccccc4)C[C@@H]1N(C)C(=O)CCC1CCCC1)[C@H]32. The fourth-order valence-corrected chi connectivity index (χ4v) is 10.4. The molecule has 1 amide bonds. The number of unbranched alkanes of at least 4 members (excludes halogenated alkanes) is 2. The first-order valence-electron chi connectivity index (χ1n) is 22.4. The van der Waals surface area contributed by atoms with Crippen molar-refractivity contribution in [3.05, 3.63) is 114 Å². The molecule has 2 saturated carbocycles. The summed E-state index contributed by atoms with van der Waals surface area (Å²) >= 11 is 0. The van der Waals surface area contributed by atoms with Crippen molar-refractivity contribution in [1.82, 2.24) is 9.88 Å². The van der Waals surface area contributed by atoms with Gasteiger partial charge in [-0.15, -0.1) is 6.58 Å². The van der Waals surface area contributed by atoms with Gasteiger partial charge in [0.15, 0.2) is 0 Å². The minimum absolute atomic E-state index is 0.0714. The molecule has 2 heterocycles. The number of aliphatic hydroxyl groups is 2. The van der Waals surface area contributed by atoms with Crippen LogP contribution in [0.25, 0.3) is 0 Å². The van der Waals surface area contributed by atoms with Crippen LogP contribution in [0, 0.1) is 30.6 Å². The standard InChI is InChI=1S/C50H65N3O7/c1-4-29-58-50-46(53(3)47(56)26-23-36-16-8-9-17-36)32-44(52-59-33-37-18-6-5-7-19-37)42-30-38(20-10-12-27-54)41(22-11-13-28-55)48(49(42)50)43-31-40(24-25-45(43)60-50)57-34-39-21-14-15-35(2)51-39/h4-7,14-15,18-19,21,24-25,30-31,36,38,41,46,48-49,54-55H,1,8-13,16-17,20,22-23,26-29,32-34H2,2-3H3/t38-,41+,46-,48+,49+,50+/m0/s1. The molecule has 6 atom stereocenters. The normalized spacial score (nSPS) is 25.2. The van der Waals surface area contributed by atoms with E-state index in [1.165, 1.54) is 25.7 Å². The van der Waals surface area contributed by atoms with Crippen molar-refractivity contribution in [1.29, 1.82) is 0 Å². The third kappa shape index (κ3) is 9.98. The summed E-state index contributed by atoms with van der Waals surface area (Å²) in [5.74, 6) is 0.581. The molecule has 1 aliphatic heterocycles. The summed E-state index contributed by atoms with van der Waals surface area (Å²) in [5.41, 5.74) is 5.64. The Balaban J connectivity index is 1.36. The predicted octanol–water partition coefficient (Wildman–Crippen LogP) is 9.23. The van der Waals surface area contributed by atoms with Gasteiger partial charge in [-0.2, -0.15) is 0 Å². The topological polar surface area (TPSA) is 123 Å². The Hall–Kier alpha value is -4.51. The molecule has 0 saturated heterocycles. The Kier molecular flexibility index (Phi) is 15.1. The lowest BCUT2D eigenvalue weighted by Gasteiger charge is -2.59. The summed E-state index contributed by atoms with van der Waals surface area (Å²) in [5, 5.41) is 24.8. The van der Waals surface area contributed by atoms with Crippen LogP contribution in [0.3, 0.4) is 0 Å². The third-order valence-corrected chi connectivity index (χ3v) is 13.3. The van der Waals surface area contributed by atoms with Crippen LogP contribution in [0.2, 0.25) is 0 Å². The second-order valence-corrected chi connectivity index (χ2v) is 17.3. The number of nitrogens with zero attached hydrogens (tertiary/aromatic N) is 3. The highest BCUT2D eigenvalue weighted by Gasteiger charge is 2.65. The van der Waals surface area contributed by atoms with Gasteiger partial charge in [-0.1, -0.05) is 92.2 Å². The minimum Gasteiger partial charge on any atom is -0.487 e. The van der Waals surface area contributed by atoms with Gasteiger partial charge in [-0.3, -0.25) is 9.78 Å². The monoisotopic (exact) mass is 819 g/mol. The molecule has 10 nitrogen and oxygen atoms in total. The Morgan fingerprint density at radius 2 is 1.77 bits per heavy atom. The molecular weight excluding hydrogens is 755 g/mol. The van der Waals surface area contributed by atoms with E-state index in [4.69, 9.17) is 24.2 Å².